The first kappa shape index (κ1) is 12.9. The fourth-order valence-electron chi connectivity index (χ4n) is 2.56. The maximum atomic E-state index is 12.4. The van der Waals surface area contributed by atoms with Gasteiger partial charge in [-0.25, -0.2) is 0 Å². The van der Waals surface area contributed by atoms with Crippen LogP contribution in [0.3, 0.4) is 0 Å². The minimum absolute atomic E-state index is 0.158. The highest BCUT2D eigenvalue weighted by Crippen LogP contribution is 2.35. The van der Waals surface area contributed by atoms with E-state index in [9.17, 15) is 9.59 Å². The Labute approximate surface area is 119 Å². The summed E-state index contributed by atoms with van der Waals surface area (Å²) in [5.41, 5.74) is 9.87. The summed E-state index contributed by atoms with van der Waals surface area (Å²) in [5, 5.41) is 4.75. The van der Waals surface area contributed by atoms with Gasteiger partial charge in [0.15, 0.2) is 0 Å². The molecule has 3 rings (SSSR count). The molecule has 0 aliphatic carbocycles. The van der Waals surface area contributed by atoms with E-state index in [0.29, 0.717) is 27.6 Å². The van der Waals surface area contributed by atoms with Crippen LogP contribution in [0.2, 0.25) is 0 Å². The first-order valence-corrected chi connectivity index (χ1v) is 6.27. The van der Waals surface area contributed by atoms with E-state index in [-0.39, 0.29) is 18.4 Å². The zero-order valence-electron chi connectivity index (χ0n) is 11.0. The number of carbonyl (C=O) groups excluding carboxylic acids is 2. The van der Waals surface area contributed by atoms with Crippen LogP contribution in [0.25, 0.3) is 21.2 Å². The van der Waals surface area contributed by atoms with Crippen molar-refractivity contribution in [1.29, 1.82) is 0 Å². The van der Waals surface area contributed by atoms with Gasteiger partial charge in [-0.05, 0) is 23.1 Å². The van der Waals surface area contributed by atoms with Gasteiger partial charge in [0, 0.05) is 33.7 Å². The lowest BCUT2D eigenvalue weighted by Gasteiger charge is -2.26. The molecule has 0 unspecified atom stereocenters. The predicted molar refractivity (Wildman–Crippen MR) is 78.3 cm³/mol. The minimum atomic E-state index is -0.365. The van der Waals surface area contributed by atoms with E-state index < -0.39 is 0 Å². The van der Waals surface area contributed by atoms with Crippen LogP contribution in [-0.2, 0) is 0 Å². The Bertz CT molecular complexity index is 828. The number of azide groups is 1. The monoisotopic (exact) mass is 278 g/mol. The van der Waals surface area contributed by atoms with Crippen molar-refractivity contribution in [1.82, 2.24) is 4.90 Å². The van der Waals surface area contributed by atoms with Crippen molar-refractivity contribution >= 4 is 28.3 Å². The van der Waals surface area contributed by atoms with E-state index in [0.717, 1.165) is 4.90 Å². The quantitative estimate of drug-likeness (QED) is 0.282. The maximum Gasteiger partial charge on any atom is 0.261 e. The highest BCUT2D eigenvalue weighted by molar-refractivity contribution is 6.26. The van der Waals surface area contributed by atoms with E-state index >= 15 is 0 Å². The summed E-state index contributed by atoms with van der Waals surface area (Å²) in [6, 6.07) is 8.27. The van der Waals surface area contributed by atoms with Crippen molar-refractivity contribution in [3.05, 3.63) is 64.6 Å². The normalized spacial score (nSPS) is 13.2. The molecular weight excluding hydrogens is 268 g/mol. The molecule has 21 heavy (non-hydrogen) atoms. The number of rotatable bonds is 3. The molecule has 0 spiro atoms. The largest absolute Gasteiger partial charge is 0.270 e. The van der Waals surface area contributed by atoms with Crippen molar-refractivity contribution in [2.24, 2.45) is 5.11 Å². The molecule has 6 heteroatoms. The summed E-state index contributed by atoms with van der Waals surface area (Å²) in [6.45, 7) is 3.72. The second-order valence-corrected chi connectivity index (χ2v) is 4.56. The van der Waals surface area contributed by atoms with Gasteiger partial charge in [-0.2, -0.15) is 0 Å². The average Bonchev–Trinajstić information content (AvgIpc) is 2.50. The number of carbonyl (C=O) groups is 2. The topological polar surface area (TPSA) is 86.1 Å². The third kappa shape index (κ3) is 1.78. The lowest BCUT2D eigenvalue weighted by molar-refractivity contribution is 0.0629. The van der Waals surface area contributed by atoms with Crippen LogP contribution in [0.4, 0.5) is 5.69 Å². The molecule has 1 aliphatic rings. The van der Waals surface area contributed by atoms with Crippen LogP contribution >= 0.6 is 0 Å². The molecular formula is C15H10N4O2. The number of hydrogen-bond acceptors (Lipinski definition) is 3. The van der Waals surface area contributed by atoms with Gasteiger partial charge in [0.2, 0.25) is 0 Å². The number of amides is 2. The lowest BCUT2D eigenvalue weighted by Crippen LogP contribution is -2.40. The van der Waals surface area contributed by atoms with E-state index in [1.165, 1.54) is 6.08 Å². The lowest BCUT2D eigenvalue weighted by atomic mass is 9.93. The molecule has 1 aliphatic heterocycles. The maximum absolute atomic E-state index is 12.4. The number of nitrogens with zero attached hydrogens (tertiary/aromatic N) is 4. The molecule has 0 saturated heterocycles. The average molecular weight is 278 g/mol. The molecule has 0 N–H and O–H groups in total. The second-order valence-electron chi connectivity index (χ2n) is 4.56. The van der Waals surface area contributed by atoms with Crippen LogP contribution in [0.5, 0.6) is 0 Å². The highest BCUT2D eigenvalue weighted by atomic mass is 16.2. The predicted octanol–water partition coefficient (Wildman–Crippen LogP) is 3.56. The van der Waals surface area contributed by atoms with E-state index in [1.54, 1.807) is 30.3 Å². The fraction of sp³-hybridized carbons (Fsp3) is 0.0667. The molecule has 1 heterocycles. The minimum Gasteiger partial charge on any atom is -0.270 e. The van der Waals surface area contributed by atoms with Gasteiger partial charge >= 0.3 is 0 Å². The molecule has 2 amide bonds. The van der Waals surface area contributed by atoms with E-state index in [1.807, 2.05) is 0 Å². The Morgan fingerprint density at radius 1 is 1.19 bits per heavy atom. The smallest absolute Gasteiger partial charge is 0.261 e. The van der Waals surface area contributed by atoms with Crippen LogP contribution < -0.4 is 0 Å². The summed E-state index contributed by atoms with van der Waals surface area (Å²) in [4.78, 5) is 28.8. The molecule has 0 atom stereocenters. The summed E-state index contributed by atoms with van der Waals surface area (Å²) in [5.74, 6) is -0.729. The van der Waals surface area contributed by atoms with Crippen LogP contribution in [0.15, 0.2) is 48.1 Å². The standard InChI is InChI=1S/C15H10N4O2/c1-2-8-19-14(20)10-5-3-4-9-12(17-18-16)7-6-11(13(9)10)15(19)21/h2-7H,1,8H2. The molecule has 102 valence electrons. The fourth-order valence-corrected chi connectivity index (χ4v) is 2.56. The molecule has 6 nitrogen and oxygen atoms in total. The molecule has 0 fully saturated rings. The molecule has 2 aromatic rings. The van der Waals surface area contributed by atoms with Crippen molar-refractivity contribution in [3.63, 3.8) is 0 Å². The van der Waals surface area contributed by atoms with Crippen LogP contribution in [-0.4, -0.2) is 23.3 Å². The van der Waals surface area contributed by atoms with Gasteiger partial charge in [-0.1, -0.05) is 29.4 Å². The summed E-state index contributed by atoms with van der Waals surface area (Å²) >= 11 is 0. The summed E-state index contributed by atoms with van der Waals surface area (Å²) in [6.07, 6.45) is 1.51. The third-order valence-corrected chi connectivity index (χ3v) is 3.43. The van der Waals surface area contributed by atoms with Gasteiger partial charge < -0.3 is 0 Å². The van der Waals surface area contributed by atoms with E-state index in [2.05, 4.69) is 16.6 Å². The zero-order chi connectivity index (χ0) is 15.0. The molecule has 0 bridgehead atoms. The van der Waals surface area contributed by atoms with Crippen LogP contribution in [0, 0.1) is 0 Å². The van der Waals surface area contributed by atoms with Gasteiger partial charge in [-0.3, -0.25) is 14.5 Å². The molecule has 0 radical (unpaired) electrons. The second kappa shape index (κ2) is 4.77. The first-order valence-electron chi connectivity index (χ1n) is 6.27. The van der Waals surface area contributed by atoms with Crippen molar-refractivity contribution < 1.29 is 9.59 Å². The van der Waals surface area contributed by atoms with Crippen molar-refractivity contribution in [2.75, 3.05) is 6.54 Å². The van der Waals surface area contributed by atoms with Gasteiger partial charge in [0.25, 0.3) is 11.8 Å². The summed E-state index contributed by atoms with van der Waals surface area (Å²) in [7, 11) is 0. The molecule has 0 saturated carbocycles. The number of benzene rings is 2. The summed E-state index contributed by atoms with van der Waals surface area (Å²) < 4.78 is 0. The van der Waals surface area contributed by atoms with Crippen molar-refractivity contribution in [2.45, 2.75) is 0 Å². The third-order valence-electron chi connectivity index (χ3n) is 3.43. The Balaban J connectivity index is 2.38. The Kier molecular flexibility index (Phi) is 2.93. The molecule has 0 aromatic heterocycles. The van der Waals surface area contributed by atoms with Crippen LogP contribution in [0.1, 0.15) is 20.7 Å². The van der Waals surface area contributed by atoms with Gasteiger partial charge in [0.1, 0.15) is 0 Å². The SMILES string of the molecule is C=CCN1C(=O)c2cccc3c(N=[N+]=[N-])ccc(c23)C1=O. The molecule has 2 aromatic carbocycles. The Morgan fingerprint density at radius 2 is 1.90 bits per heavy atom. The van der Waals surface area contributed by atoms with Gasteiger partial charge in [0.05, 0.1) is 0 Å². The Hall–Kier alpha value is -3.11. The Morgan fingerprint density at radius 3 is 2.57 bits per heavy atom. The van der Waals surface area contributed by atoms with E-state index in [4.69, 9.17) is 5.53 Å². The van der Waals surface area contributed by atoms with Gasteiger partial charge in [-0.15, -0.1) is 6.58 Å². The zero-order valence-corrected chi connectivity index (χ0v) is 11.0. The highest BCUT2D eigenvalue weighted by Gasteiger charge is 2.32. The van der Waals surface area contributed by atoms with Crippen molar-refractivity contribution in [3.8, 4) is 0 Å². The number of hydrogen-bond donors (Lipinski definition) is 0. The first-order chi connectivity index (χ1) is 10.2. The number of imide groups is 1.